The summed E-state index contributed by atoms with van der Waals surface area (Å²) in [5, 5.41) is 2.95. The lowest BCUT2D eigenvalue weighted by atomic mass is 10.1. The third-order valence-corrected chi connectivity index (χ3v) is 3.56. The van der Waals surface area contributed by atoms with Gasteiger partial charge in [0.1, 0.15) is 0 Å². The molecule has 0 unspecified atom stereocenters. The van der Waals surface area contributed by atoms with Crippen molar-refractivity contribution in [2.75, 3.05) is 13.6 Å². The number of aryl methyl sites for hydroxylation is 2. The molecule has 1 aliphatic carbocycles. The van der Waals surface area contributed by atoms with Gasteiger partial charge in [0.05, 0.1) is 6.54 Å². The molecule has 1 aromatic rings. The van der Waals surface area contributed by atoms with Gasteiger partial charge in [-0.05, 0) is 50.4 Å². The van der Waals surface area contributed by atoms with Crippen LogP contribution in [-0.4, -0.2) is 30.4 Å². The molecule has 1 aromatic carbocycles. The molecule has 3 nitrogen and oxygen atoms in total. The Morgan fingerprint density at radius 3 is 2.53 bits per heavy atom. The summed E-state index contributed by atoms with van der Waals surface area (Å²) in [6.07, 6.45) is 2.31. The lowest BCUT2D eigenvalue weighted by molar-refractivity contribution is -0.131. The molecule has 0 aromatic heterocycles. The fourth-order valence-electron chi connectivity index (χ4n) is 2.16. The van der Waals surface area contributed by atoms with E-state index in [-0.39, 0.29) is 18.3 Å². The fraction of sp³-hybridized carbons (Fsp3) is 0.533. The van der Waals surface area contributed by atoms with E-state index in [0.29, 0.717) is 12.6 Å². The SMILES string of the molecule is CNCC(=O)N(Cc1ccc(C)c(C)c1)C1CC1.Cl. The van der Waals surface area contributed by atoms with Crippen LogP contribution in [0.25, 0.3) is 0 Å². The van der Waals surface area contributed by atoms with E-state index in [1.165, 1.54) is 16.7 Å². The van der Waals surface area contributed by atoms with E-state index >= 15 is 0 Å². The van der Waals surface area contributed by atoms with Crippen LogP contribution in [0.5, 0.6) is 0 Å². The van der Waals surface area contributed by atoms with E-state index in [1.807, 2.05) is 11.9 Å². The Hall–Kier alpha value is -1.06. The average molecular weight is 283 g/mol. The van der Waals surface area contributed by atoms with Gasteiger partial charge in [0.25, 0.3) is 0 Å². The van der Waals surface area contributed by atoms with Crippen molar-refractivity contribution in [3.05, 3.63) is 34.9 Å². The van der Waals surface area contributed by atoms with Crippen molar-refractivity contribution in [1.29, 1.82) is 0 Å². The number of amides is 1. The molecule has 0 spiro atoms. The Labute approximate surface area is 121 Å². The van der Waals surface area contributed by atoms with Gasteiger partial charge in [-0.1, -0.05) is 18.2 Å². The molecule has 0 aliphatic heterocycles. The first kappa shape index (κ1) is 16.0. The average Bonchev–Trinajstić information content (AvgIpc) is 3.15. The van der Waals surface area contributed by atoms with Crippen LogP contribution >= 0.6 is 12.4 Å². The Morgan fingerprint density at radius 2 is 2.00 bits per heavy atom. The molecular formula is C15H23ClN2O. The number of nitrogens with one attached hydrogen (secondary N) is 1. The van der Waals surface area contributed by atoms with Crippen LogP contribution in [0.15, 0.2) is 18.2 Å². The first-order valence-electron chi connectivity index (χ1n) is 6.62. The highest BCUT2D eigenvalue weighted by atomic mass is 35.5. The Kier molecular flexibility index (Phi) is 5.83. The number of carbonyl (C=O) groups is 1. The number of likely N-dealkylation sites (N-methyl/N-ethyl adjacent to an activating group) is 1. The first-order valence-corrected chi connectivity index (χ1v) is 6.62. The van der Waals surface area contributed by atoms with Crippen LogP contribution in [0, 0.1) is 13.8 Å². The van der Waals surface area contributed by atoms with Gasteiger partial charge in [0.15, 0.2) is 0 Å². The summed E-state index contributed by atoms with van der Waals surface area (Å²) >= 11 is 0. The number of hydrogen-bond acceptors (Lipinski definition) is 2. The second-order valence-corrected chi connectivity index (χ2v) is 5.20. The number of carbonyl (C=O) groups excluding carboxylic acids is 1. The predicted octanol–water partition coefficient (Wildman–Crippen LogP) is 2.44. The molecule has 1 N–H and O–H groups in total. The van der Waals surface area contributed by atoms with Crippen LogP contribution in [0.2, 0.25) is 0 Å². The normalized spacial score (nSPS) is 13.8. The van der Waals surface area contributed by atoms with Gasteiger partial charge in [0, 0.05) is 12.6 Å². The zero-order valence-electron chi connectivity index (χ0n) is 11.9. The van der Waals surface area contributed by atoms with Gasteiger partial charge in [-0.2, -0.15) is 0 Å². The molecular weight excluding hydrogens is 260 g/mol. The van der Waals surface area contributed by atoms with Crippen LogP contribution in [0.1, 0.15) is 29.5 Å². The number of benzene rings is 1. The van der Waals surface area contributed by atoms with Gasteiger partial charge < -0.3 is 10.2 Å². The molecule has 4 heteroatoms. The summed E-state index contributed by atoms with van der Waals surface area (Å²) < 4.78 is 0. The Balaban J connectivity index is 0.00000180. The molecule has 1 saturated carbocycles. The zero-order chi connectivity index (χ0) is 13.1. The topological polar surface area (TPSA) is 32.3 Å². The number of nitrogens with zero attached hydrogens (tertiary/aromatic N) is 1. The summed E-state index contributed by atoms with van der Waals surface area (Å²) in [5.74, 6) is 0.207. The summed E-state index contributed by atoms with van der Waals surface area (Å²) in [6.45, 7) is 5.41. The second-order valence-electron chi connectivity index (χ2n) is 5.20. The van der Waals surface area contributed by atoms with Crippen molar-refractivity contribution in [3.8, 4) is 0 Å². The summed E-state index contributed by atoms with van der Waals surface area (Å²) in [4.78, 5) is 14.1. The number of hydrogen-bond donors (Lipinski definition) is 1. The van der Waals surface area contributed by atoms with Crippen molar-refractivity contribution < 1.29 is 4.79 Å². The molecule has 19 heavy (non-hydrogen) atoms. The minimum atomic E-state index is 0. The van der Waals surface area contributed by atoms with Crippen LogP contribution in [0.3, 0.4) is 0 Å². The Bertz CT molecular complexity index is 444. The molecule has 0 radical (unpaired) electrons. The summed E-state index contributed by atoms with van der Waals surface area (Å²) in [6, 6.07) is 6.92. The van der Waals surface area contributed by atoms with Crippen LogP contribution in [-0.2, 0) is 11.3 Å². The molecule has 1 fully saturated rings. The van der Waals surface area contributed by atoms with E-state index in [9.17, 15) is 4.79 Å². The van der Waals surface area contributed by atoms with Crippen molar-refractivity contribution >= 4 is 18.3 Å². The molecule has 1 amide bonds. The van der Waals surface area contributed by atoms with E-state index in [4.69, 9.17) is 0 Å². The monoisotopic (exact) mass is 282 g/mol. The largest absolute Gasteiger partial charge is 0.334 e. The van der Waals surface area contributed by atoms with Gasteiger partial charge in [-0.3, -0.25) is 4.79 Å². The highest BCUT2D eigenvalue weighted by molar-refractivity contribution is 5.85. The van der Waals surface area contributed by atoms with Crippen molar-refractivity contribution in [3.63, 3.8) is 0 Å². The maximum absolute atomic E-state index is 12.0. The highest BCUT2D eigenvalue weighted by Crippen LogP contribution is 2.28. The van der Waals surface area contributed by atoms with E-state index in [0.717, 1.165) is 19.4 Å². The molecule has 0 bridgehead atoms. The summed E-state index contributed by atoms with van der Waals surface area (Å²) in [5.41, 5.74) is 3.83. The van der Waals surface area contributed by atoms with Gasteiger partial charge in [0.2, 0.25) is 5.91 Å². The van der Waals surface area contributed by atoms with E-state index in [1.54, 1.807) is 0 Å². The van der Waals surface area contributed by atoms with E-state index in [2.05, 4.69) is 37.4 Å². The Morgan fingerprint density at radius 1 is 1.32 bits per heavy atom. The van der Waals surface area contributed by atoms with Gasteiger partial charge in [-0.25, -0.2) is 0 Å². The number of halogens is 1. The minimum Gasteiger partial charge on any atom is -0.334 e. The lowest BCUT2D eigenvalue weighted by Gasteiger charge is -2.23. The third kappa shape index (κ3) is 4.22. The predicted molar refractivity (Wildman–Crippen MR) is 80.7 cm³/mol. The molecule has 0 heterocycles. The smallest absolute Gasteiger partial charge is 0.237 e. The third-order valence-electron chi connectivity index (χ3n) is 3.56. The van der Waals surface area contributed by atoms with Crippen LogP contribution in [0.4, 0.5) is 0 Å². The molecule has 0 atom stereocenters. The van der Waals surface area contributed by atoms with Crippen molar-refractivity contribution in [2.45, 2.75) is 39.3 Å². The van der Waals surface area contributed by atoms with E-state index < -0.39 is 0 Å². The van der Waals surface area contributed by atoms with Gasteiger partial charge in [-0.15, -0.1) is 12.4 Å². The second kappa shape index (κ2) is 6.92. The zero-order valence-corrected chi connectivity index (χ0v) is 12.7. The maximum Gasteiger partial charge on any atom is 0.237 e. The highest BCUT2D eigenvalue weighted by Gasteiger charge is 2.31. The molecule has 2 rings (SSSR count). The maximum atomic E-state index is 12.0. The fourth-order valence-corrected chi connectivity index (χ4v) is 2.16. The molecule has 1 aliphatic rings. The molecule has 0 saturated heterocycles. The van der Waals surface area contributed by atoms with Crippen molar-refractivity contribution in [2.24, 2.45) is 0 Å². The quantitative estimate of drug-likeness (QED) is 0.900. The molecule has 106 valence electrons. The van der Waals surface area contributed by atoms with Gasteiger partial charge >= 0.3 is 0 Å². The van der Waals surface area contributed by atoms with Crippen molar-refractivity contribution in [1.82, 2.24) is 10.2 Å². The minimum absolute atomic E-state index is 0. The standard InChI is InChI=1S/C15H22N2O.ClH/c1-11-4-5-13(8-12(11)2)10-17(14-6-7-14)15(18)9-16-3;/h4-5,8,14,16H,6-7,9-10H2,1-3H3;1H. The number of rotatable bonds is 5. The summed E-state index contributed by atoms with van der Waals surface area (Å²) in [7, 11) is 1.82. The van der Waals surface area contributed by atoms with Crippen LogP contribution < -0.4 is 5.32 Å². The first-order chi connectivity index (χ1) is 8.61. The lowest BCUT2D eigenvalue weighted by Crippen LogP contribution is -2.38.